The summed E-state index contributed by atoms with van der Waals surface area (Å²) in [5, 5.41) is 0. The lowest BCUT2D eigenvalue weighted by Crippen LogP contribution is -2.36. The summed E-state index contributed by atoms with van der Waals surface area (Å²) in [4.78, 5) is 12.6. The molecule has 0 saturated carbocycles. The molecule has 1 aliphatic heterocycles. The number of benzene rings is 1. The first kappa shape index (κ1) is 11.3. The Morgan fingerprint density at radius 2 is 2.12 bits per heavy atom. The predicted molar refractivity (Wildman–Crippen MR) is 63.9 cm³/mol. The van der Waals surface area contributed by atoms with Gasteiger partial charge in [-0.05, 0) is 26.0 Å². The van der Waals surface area contributed by atoms with Crippen LogP contribution in [-0.4, -0.2) is 18.5 Å². The number of Topliss-reactive ketones (excluding diaryl/α,β-unsaturated/α-hetero) is 1. The van der Waals surface area contributed by atoms with Crippen molar-refractivity contribution in [2.24, 2.45) is 0 Å². The van der Waals surface area contributed by atoms with Crippen molar-refractivity contribution in [2.75, 3.05) is 7.11 Å². The Balaban J connectivity index is 2.61. The van der Waals surface area contributed by atoms with Crippen LogP contribution in [0.1, 0.15) is 30.6 Å². The molecule has 0 spiro atoms. The Labute approximate surface area is 100 Å². The number of hydrogen-bond acceptors (Lipinski definition) is 4. The van der Waals surface area contributed by atoms with Gasteiger partial charge in [0.25, 0.3) is 0 Å². The first-order valence-electron chi connectivity index (χ1n) is 5.07. The van der Waals surface area contributed by atoms with Crippen LogP contribution in [0.3, 0.4) is 0 Å². The highest BCUT2D eigenvalue weighted by Gasteiger charge is 2.34. The highest BCUT2D eigenvalue weighted by molar-refractivity contribution is 7.80. The number of hydrogen-bond donors (Lipinski definition) is 1. The van der Waals surface area contributed by atoms with E-state index in [1.165, 1.54) is 0 Å². The third-order valence-corrected chi connectivity index (χ3v) is 2.91. The average Bonchev–Trinajstić information content (AvgIpc) is 2.15. The van der Waals surface area contributed by atoms with Gasteiger partial charge < -0.3 is 9.47 Å². The fourth-order valence-corrected chi connectivity index (χ4v) is 2.13. The zero-order valence-corrected chi connectivity index (χ0v) is 10.4. The fourth-order valence-electron chi connectivity index (χ4n) is 1.86. The second-order valence-electron chi connectivity index (χ2n) is 4.46. The maximum Gasteiger partial charge on any atom is 0.174 e. The summed E-state index contributed by atoms with van der Waals surface area (Å²) in [7, 11) is 1.55. The lowest BCUT2D eigenvalue weighted by Gasteiger charge is -2.32. The first-order valence-corrected chi connectivity index (χ1v) is 5.51. The Kier molecular flexibility index (Phi) is 2.62. The average molecular weight is 238 g/mol. The van der Waals surface area contributed by atoms with E-state index in [9.17, 15) is 4.79 Å². The van der Waals surface area contributed by atoms with E-state index in [-0.39, 0.29) is 5.78 Å². The van der Waals surface area contributed by atoms with Gasteiger partial charge in [-0.1, -0.05) is 0 Å². The molecule has 1 aromatic rings. The summed E-state index contributed by atoms with van der Waals surface area (Å²) in [6.07, 6.45) is 0.384. The molecule has 4 heteroatoms. The van der Waals surface area contributed by atoms with Gasteiger partial charge in [0, 0.05) is 0 Å². The fraction of sp³-hybridized carbons (Fsp3) is 0.417. The molecule has 16 heavy (non-hydrogen) atoms. The summed E-state index contributed by atoms with van der Waals surface area (Å²) in [5.74, 6) is 1.12. The standard InChI is InChI=1S/C12H14O3S/c1-12(2)6-8(13)7-4-5-9(16)11(14-3)10(7)15-12/h4-5,16H,6H2,1-3H3. The topological polar surface area (TPSA) is 35.5 Å². The first-order chi connectivity index (χ1) is 7.44. The largest absolute Gasteiger partial charge is 0.492 e. The molecule has 86 valence electrons. The van der Waals surface area contributed by atoms with E-state index < -0.39 is 5.60 Å². The van der Waals surface area contributed by atoms with Gasteiger partial charge in [0.2, 0.25) is 0 Å². The minimum absolute atomic E-state index is 0.0814. The van der Waals surface area contributed by atoms with Crippen LogP contribution in [0.5, 0.6) is 11.5 Å². The molecule has 0 atom stereocenters. The van der Waals surface area contributed by atoms with Crippen molar-refractivity contribution in [3.63, 3.8) is 0 Å². The number of ketones is 1. The molecule has 1 aromatic carbocycles. The molecule has 0 amide bonds. The molecule has 0 N–H and O–H groups in total. The van der Waals surface area contributed by atoms with Gasteiger partial charge in [0.15, 0.2) is 17.3 Å². The number of carbonyl (C=O) groups excluding carboxylic acids is 1. The van der Waals surface area contributed by atoms with Crippen molar-refractivity contribution < 1.29 is 14.3 Å². The second kappa shape index (κ2) is 3.70. The van der Waals surface area contributed by atoms with Gasteiger partial charge in [-0.25, -0.2) is 0 Å². The zero-order valence-electron chi connectivity index (χ0n) is 9.53. The maximum absolute atomic E-state index is 11.9. The van der Waals surface area contributed by atoms with E-state index in [2.05, 4.69) is 12.6 Å². The van der Waals surface area contributed by atoms with Crippen molar-refractivity contribution in [1.29, 1.82) is 0 Å². The molecule has 0 unspecified atom stereocenters. The highest BCUT2D eigenvalue weighted by Crippen LogP contribution is 2.43. The molecule has 0 fully saturated rings. The van der Waals surface area contributed by atoms with Gasteiger partial charge in [-0.15, -0.1) is 12.6 Å². The number of fused-ring (bicyclic) bond motifs is 1. The maximum atomic E-state index is 11.9. The summed E-state index contributed by atoms with van der Waals surface area (Å²) in [6.45, 7) is 3.77. The smallest absolute Gasteiger partial charge is 0.174 e. The van der Waals surface area contributed by atoms with Crippen molar-refractivity contribution in [3.8, 4) is 11.5 Å². The monoisotopic (exact) mass is 238 g/mol. The SMILES string of the molecule is COc1c(S)ccc2c1OC(C)(C)CC2=O. The van der Waals surface area contributed by atoms with E-state index in [1.807, 2.05) is 13.8 Å². The summed E-state index contributed by atoms with van der Waals surface area (Å²) in [5.41, 5.74) is 0.0906. The lowest BCUT2D eigenvalue weighted by atomic mass is 9.93. The Morgan fingerprint density at radius 1 is 1.44 bits per heavy atom. The number of thiol groups is 1. The van der Waals surface area contributed by atoms with E-state index >= 15 is 0 Å². The van der Waals surface area contributed by atoms with E-state index in [0.717, 1.165) is 0 Å². The van der Waals surface area contributed by atoms with Crippen LogP contribution in [0.4, 0.5) is 0 Å². The minimum atomic E-state index is -0.487. The van der Waals surface area contributed by atoms with Crippen molar-refractivity contribution in [2.45, 2.75) is 30.8 Å². The van der Waals surface area contributed by atoms with Crippen LogP contribution in [0.2, 0.25) is 0 Å². The van der Waals surface area contributed by atoms with Crippen molar-refractivity contribution >= 4 is 18.4 Å². The third-order valence-electron chi connectivity index (χ3n) is 2.56. The van der Waals surface area contributed by atoms with Crippen LogP contribution in [0, 0.1) is 0 Å². The van der Waals surface area contributed by atoms with E-state index in [0.29, 0.717) is 28.4 Å². The van der Waals surface area contributed by atoms with Gasteiger partial charge in [-0.2, -0.15) is 0 Å². The summed E-state index contributed by atoms with van der Waals surface area (Å²) >= 11 is 4.28. The molecule has 1 heterocycles. The Bertz CT molecular complexity index is 452. The molecule has 2 rings (SSSR count). The van der Waals surface area contributed by atoms with Gasteiger partial charge in [0.05, 0.1) is 24.0 Å². The summed E-state index contributed by atoms with van der Waals surface area (Å²) < 4.78 is 11.0. The molecule has 3 nitrogen and oxygen atoms in total. The molecule has 1 aliphatic rings. The van der Waals surface area contributed by atoms with Crippen LogP contribution >= 0.6 is 12.6 Å². The van der Waals surface area contributed by atoms with Crippen LogP contribution in [0.15, 0.2) is 17.0 Å². The number of ether oxygens (including phenoxy) is 2. The van der Waals surface area contributed by atoms with Crippen molar-refractivity contribution in [3.05, 3.63) is 17.7 Å². The number of carbonyl (C=O) groups is 1. The van der Waals surface area contributed by atoms with Gasteiger partial charge in [0.1, 0.15) is 5.60 Å². The van der Waals surface area contributed by atoms with Gasteiger partial charge in [-0.3, -0.25) is 4.79 Å². The quantitative estimate of drug-likeness (QED) is 0.764. The van der Waals surface area contributed by atoms with Crippen LogP contribution in [-0.2, 0) is 0 Å². The number of rotatable bonds is 1. The van der Waals surface area contributed by atoms with Crippen LogP contribution < -0.4 is 9.47 Å². The molecular weight excluding hydrogens is 224 g/mol. The van der Waals surface area contributed by atoms with Crippen molar-refractivity contribution in [1.82, 2.24) is 0 Å². The third kappa shape index (κ3) is 1.78. The van der Waals surface area contributed by atoms with Crippen LogP contribution in [0.25, 0.3) is 0 Å². The molecule has 0 bridgehead atoms. The van der Waals surface area contributed by atoms with Gasteiger partial charge >= 0.3 is 0 Å². The highest BCUT2D eigenvalue weighted by atomic mass is 32.1. The summed E-state index contributed by atoms with van der Waals surface area (Å²) in [6, 6.07) is 3.48. The molecular formula is C12H14O3S. The second-order valence-corrected chi connectivity index (χ2v) is 4.94. The molecule has 0 saturated heterocycles. The molecule has 0 aliphatic carbocycles. The number of methoxy groups -OCH3 is 1. The molecule has 0 aromatic heterocycles. The van der Waals surface area contributed by atoms with E-state index in [1.54, 1.807) is 19.2 Å². The Hall–Kier alpha value is -1.16. The van der Waals surface area contributed by atoms with E-state index in [4.69, 9.17) is 9.47 Å². The lowest BCUT2D eigenvalue weighted by molar-refractivity contribution is 0.0598. The zero-order chi connectivity index (χ0) is 11.9. The molecule has 0 radical (unpaired) electrons. The Morgan fingerprint density at radius 3 is 2.75 bits per heavy atom. The normalized spacial score (nSPS) is 17.6. The predicted octanol–water partition coefficient (Wildman–Crippen LogP) is 2.73. The minimum Gasteiger partial charge on any atom is -0.492 e.